The van der Waals surface area contributed by atoms with Crippen molar-refractivity contribution in [3.8, 4) is 0 Å². The van der Waals surface area contributed by atoms with E-state index in [4.69, 9.17) is 0 Å². The fraction of sp³-hybridized carbons (Fsp3) is 0.133. The van der Waals surface area contributed by atoms with Crippen molar-refractivity contribution in [2.75, 3.05) is 7.05 Å². The van der Waals surface area contributed by atoms with E-state index in [1.807, 2.05) is 4.72 Å². The summed E-state index contributed by atoms with van der Waals surface area (Å²) >= 11 is 0. The van der Waals surface area contributed by atoms with Crippen molar-refractivity contribution in [3.05, 3.63) is 53.6 Å². The molecule has 11 heteroatoms. The highest BCUT2D eigenvalue weighted by Gasteiger charge is 2.33. The Morgan fingerprint density at radius 1 is 1.12 bits per heavy atom. The predicted octanol–water partition coefficient (Wildman–Crippen LogP) is 2.48. The number of carboxylic acid groups (broad SMARTS) is 1. The second kappa shape index (κ2) is 7.17. The Morgan fingerprint density at radius 2 is 1.73 bits per heavy atom. The molecule has 0 aliphatic rings. The number of benzene rings is 2. The van der Waals surface area contributed by atoms with Crippen molar-refractivity contribution in [1.82, 2.24) is 4.72 Å². The molecule has 0 aliphatic heterocycles. The molecule has 0 fully saturated rings. The third-order valence-electron chi connectivity index (χ3n) is 3.35. The Kier molecular flexibility index (Phi) is 5.54. The largest absolute Gasteiger partial charge is 0.478 e. The molecule has 26 heavy (non-hydrogen) atoms. The van der Waals surface area contributed by atoms with Crippen molar-refractivity contribution in [3.63, 3.8) is 0 Å². The molecule has 0 aliphatic carbocycles. The number of aromatic carboxylic acids is 1. The summed E-state index contributed by atoms with van der Waals surface area (Å²) in [5, 5.41) is 9.18. The van der Waals surface area contributed by atoms with Crippen molar-refractivity contribution in [2.24, 2.45) is 0 Å². The van der Waals surface area contributed by atoms with Gasteiger partial charge in [0.25, 0.3) is 0 Å². The van der Waals surface area contributed by atoms with Crippen LogP contribution in [-0.4, -0.2) is 30.8 Å². The molecular weight excluding hydrogens is 395 g/mol. The van der Waals surface area contributed by atoms with Crippen molar-refractivity contribution >= 4 is 26.8 Å². The first-order valence-electron chi connectivity index (χ1n) is 6.88. The predicted molar refractivity (Wildman–Crippen MR) is 85.8 cm³/mol. The van der Waals surface area contributed by atoms with Crippen LogP contribution in [0, 0.1) is 0 Å². The molecule has 2 aromatic carbocycles. The first kappa shape index (κ1) is 20.1. The normalized spacial score (nSPS) is 13.4. The van der Waals surface area contributed by atoms with E-state index in [-0.39, 0.29) is 4.90 Å². The fourth-order valence-electron chi connectivity index (χ4n) is 2.08. The van der Waals surface area contributed by atoms with Gasteiger partial charge in [0.15, 0.2) is 0 Å². The molecule has 1 unspecified atom stereocenters. The Hall–Kier alpha value is -2.24. The molecule has 0 aromatic heterocycles. The van der Waals surface area contributed by atoms with Gasteiger partial charge >= 0.3 is 12.1 Å². The summed E-state index contributed by atoms with van der Waals surface area (Å²) < 4.78 is 77.9. The third-order valence-corrected chi connectivity index (χ3v) is 6.44. The highest BCUT2D eigenvalue weighted by atomic mass is 32.2. The highest BCUT2D eigenvalue weighted by molar-refractivity contribution is 7.91. The monoisotopic (exact) mass is 407 g/mol. The van der Waals surface area contributed by atoms with Crippen LogP contribution in [-0.2, 0) is 27.0 Å². The lowest BCUT2D eigenvalue weighted by Gasteiger charge is -2.14. The zero-order valence-corrected chi connectivity index (χ0v) is 14.7. The van der Waals surface area contributed by atoms with Gasteiger partial charge in [-0.25, -0.2) is 22.1 Å². The molecule has 2 aromatic rings. The molecule has 0 heterocycles. The Bertz CT molecular complexity index is 987. The van der Waals surface area contributed by atoms with Crippen molar-refractivity contribution in [2.45, 2.75) is 20.9 Å². The number of carboxylic acids is 1. The average Bonchev–Trinajstić information content (AvgIpc) is 2.59. The van der Waals surface area contributed by atoms with Crippen LogP contribution in [0.3, 0.4) is 0 Å². The van der Waals surface area contributed by atoms with Gasteiger partial charge in [0.05, 0.1) is 36.6 Å². The Labute approximate surface area is 149 Å². The van der Waals surface area contributed by atoms with Gasteiger partial charge in [-0.15, -0.1) is 0 Å². The van der Waals surface area contributed by atoms with Crippen molar-refractivity contribution in [1.29, 1.82) is 0 Å². The number of hydrogen-bond acceptors (Lipinski definition) is 4. The first-order chi connectivity index (χ1) is 12.0. The van der Waals surface area contributed by atoms with Gasteiger partial charge in [-0.1, -0.05) is 12.1 Å². The SMILES string of the molecule is CNS(=O)(=O)c1ccc(C(F)(F)F)cc1S(=O)c1ccccc1C(=O)O. The van der Waals surface area contributed by atoms with Gasteiger partial charge in [-0.3, -0.25) is 0 Å². The van der Waals surface area contributed by atoms with Crippen molar-refractivity contribution < 1.29 is 35.7 Å². The van der Waals surface area contributed by atoms with Crippen LogP contribution >= 0.6 is 0 Å². The zero-order valence-electron chi connectivity index (χ0n) is 13.1. The van der Waals surface area contributed by atoms with Crippen LogP contribution in [0.25, 0.3) is 0 Å². The smallest absolute Gasteiger partial charge is 0.416 e. The second-order valence-corrected chi connectivity index (χ2v) is 8.21. The van der Waals surface area contributed by atoms with Crippen LogP contribution in [0.2, 0.25) is 0 Å². The standard InChI is InChI=1S/C15H12F3NO5S2/c1-19-26(23,24)13-7-6-9(15(16,17)18)8-12(13)25(22)11-5-3-2-4-10(11)14(20)21/h2-8,19H,1H3,(H,20,21). The number of rotatable bonds is 5. The summed E-state index contributed by atoms with van der Waals surface area (Å²) in [5.41, 5.74) is -1.61. The van der Waals surface area contributed by atoms with E-state index in [0.717, 1.165) is 19.2 Å². The minimum absolute atomic E-state index is 0.313. The maximum atomic E-state index is 13.0. The number of alkyl halides is 3. The minimum atomic E-state index is -4.80. The van der Waals surface area contributed by atoms with Crippen LogP contribution in [0.15, 0.2) is 57.2 Å². The van der Waals surface area contributed by atoms with E-state index in [1.165, 1.54) is 12.1 Å². The van der Waals surface area contributed by atoms with E-state index in [1.54, 1.807) is 0 Å². The lowest BCUT2D eigenvalue weighted by Crippen LogP contribution is -2.21. The minimum Gasteiger partial charge on any atom is -0.478 e. The molecule has 140 valence electrons. The lowest BCUT2D eigenvalue weighted by molar-refractivity contribution is -0.137. The molecule has 2 rings (SSSR count). The Morgan fingerprint density at radius 3 is 2.27 bits per heavy atom. The molecule has 2 N–H and O–H groups in total. The fourth-order valence-corrected chi connectivity index (χ4v) is 4.71. The van der Waals surface area contributed by atoms with Gasteiger partial charge in [0.1, 0.15) is 0 Å². The molecule has 0 amide bonds. The summed E-state index contributed by atoms with van der Waals surface area (Å²) in [6, 6.07) is 6.64. The van der Waals surface area contributed by atoms with Gasteiger partial charge in [0.2, 0.25) is 10.0 Å². The van der Waals surface area contributed by atoms with Gasteiger partial charge in [0, 0.05) is 0 Å². The van der Waals surface area contributed by atoms with Gasteiger partial charge in [-0.05, 0) is 37.4 Å². The number of nitrogens with one attached hydrogen (secondary N) is 1. The summed E-state index contributed by atoms with van der Waals surface area (Å²) in [7, 11) is -5.67. The van der Waals surface area contributed by atoms with E-state index >= 15 is 0 Å². The number of halogens is 3. The molecule has 0 spiro atoms. The van der Waals surface area contributed by atoms with Crippen LogP contribution in [0.5, 0.6) is 0 Å². The van der Waals surface area contributed by atoms with E-state index in [9.17, 15) is 35.7 Å². The third kappa shape index (κ3) is 3.94. The van der Waals surface area contributed by atoms with E-state index < -0.39 is 53.9 Å². The Balaban J connectivity index is 2.78. The first-order valence-corrected chi connectivity index (χ1v) is 9.51. The van der Waals surface area contributed by atoms with Gasteiger partial charge < -0.3 is 5.11 Å². The molecule has 6 nitrogen and oxygen atoms in total. The molecule has 1 atom stereocenters. The van der Waals surface area contributed by atoms with E-state index in [2.05, 4.69) is 0 Å². The summed E-state index contributed by atoms with van der Waals surface area (Å²) in [6.45, 7) is 0. The number of carbonyl (C=O) groups is 1. The zero-order chi connectivity index (χ0) is 19.7. The molecular formula is C15H12F3NO5S2. The maximum absolute atomic E-state index is 13.0. The maximum Gasteiger partial charge on any atom is 0.416 e. The second-order valence-electron chi connectivity index (χ2n) is 4.94. The van der Waals surface area contributed by atoms with E-state index in [0.29, 0.717) is 18.2 Å². The molecule has 0 saturated carbocycles. The summed E-state index contributed by atoms with van der Waals surface area (Å²) in [6.07, 6.45) is -4.80. The quantitative estimate of drug-likeness (QED) is 0.793. The number of hydrogen-bond donors (Lipinski definition) is 2. The van der Waals surface area contributed by atoms with Crippen LogP contribution in [0.4, 0.5) is 13.2 Å². The lowest BCUT2D eigenvalue weighted by atomic mass is 10.2. The van der Waals surface area contributed by atoms with Crippen LogP contribution in [0.1, 0.15) is 15.9 Å². The summed E-state index contributed by atoms with van der Waals surface area (Å²) in [5.74, 6) is -1.45. The average molecular weight is 407 g/mol. The highest BCUT2D eigenvalue weighted by Crippen LogP contribution is 2.34. The molecule has 0 saturated heterocycles. The van der Waals surface area contributed by atoms with Crippen LogP contribution < -0.4 is 4.72 Å². The molecule has 0 radical (unpaired) electrons. The summed E-state index contributed by atoms with van der Waals surface area (Å²) in [4.78, 5) is 9.67. The molecule has 0 bridgehead atoms. The topological polar surface area (TPSA) is 101 Å². The van der Waals surface area contributed by atoms with Gasteiger partial charge in [-0.2, -0.15) is 13.2 Å². The number of sulfonamides is 1.